The number of nitrogens with one attached hydrogen (secondary N) is 1. The third kappa shape index (κ3) is 4.42. The summed E-state index contributed by atoms with van der Waals surface area (Å²) in [5, 5.41) is 2.45. The smallest absolute Gasteiger partial charge is 0.349 e. The number of carbonyl (C=O) groups is 1. The Kier molecular flexibility index (Phi) is 6.76. The third-order valence-corrected chi connectivity index (χ3v) is 8.83. The van der Waals surface area contributed by atoms with Gasteiger partial charge in [0.1, 0.15) is 17.5 Å². The van der Waals surface area contributed by atoms with Crippen LogP contribution >= 0.6 is 8.53 Å². The summed E-state index contributed by atoms with van der Waals surface area (Å²) >= 11 is 0. The SMILES string of the molecule is CC[C@H]1O[C@@H](n2ccc(NC(C)=O)nc2=O)C(F)[C@H]1O[P@]1O[C@@](C)(c2ccccc2)[C@H]2CCCN21. The predicted octanol–water partition coefficient (Wildman–Crippen LogP) is 3.87. The quantitative estimate of drug-likeness (QED) is 0.597. The highest BCUT2D eigenvalue weighted by Gasteiger charge is 2.57. The minimum Gasteiger partial charge on any atom is -0.349 e. The highest BCUT2D eigenvalue weighted by atomic mass is 31.2. The Morgan fingerprint density at radius 2 is 2.11 bits per heavy atom. The van der Waals surface area contributed by atoms with Crippen molar-refractivity contribution < 1.29 is 23.0 Å². The van der Waals surface area contributed by atoms with E-state index in [-0.39, 0.29) is 17.8 Å². The van der Waals surface area contributed by atoms with Crippen molar-refractivity contribution in [2.45, 2.75) is 76.3 Å². The number of aromatic nitrogens is 2. The number of benzene rings is 1. The van der Waals surface area contributed by atoms with E-state index >= 15 is 4.39 Å². The molecule has 9 nitrogen and oxygen atoms in total. The van der Waals surface area contributed by atoms with Gasteiger partial charge in [-0.1, -0.05) is 37.3 Å². The van der Waals surface area contributed by atoms with Crippen molar-refractivity contribution in [2.75, 3.05) is 11.9 Å². The summed E-state index contributed by atoms with van der Waals surface area (Å²) in [5.74, 6) is -0.244. The van der Waals surface area contributed by atoms with E-state index in [0.29, 0.717) is 6.42 Å². The molecule has 2 aromatic rings. The van der Waals surface area contributed by atoms with Gasteiger partial charge in [0.05, 0.1) is 12.1 Å². The average Bonchev–Trinajstić information content (AvgIpc) is 3.51. The molecule has 0 aliphatic carbocycles. The zero-order valence-corrected chi connectivity index (χ0v) is 20.9. The summed E-state index contributed by atoms with van der Waals surface area (Å²) in [4.78, 5) is 27.7. The number of ether oxygens (including phenoxy) is 1. The van der Waals surface area contributed by atoms with Gasteiger partial charge in [-0.2, -0.15) is 4.98 Å². The van der Waals surface area contributed by atoms with E-state index < -0.39 is 44.4 Å². The Morgan fingerprint density at radius 3 is 2.80 bits per heavy atom. The first-order chi connectivity index (χ1) is 16.8. The summed E-state index contributed by atoms with van der Waals surface area (Å²) < 4.78 is 38.0. The molecule has 11 heteroatoms. The fourth-order valence-corrected chi connectivity index (χ4v) is 7.36. The van der Waals surface area contributed by atoms with E-state index in [0.717, 1.165) is 29.5 Å². The first-order valence-electron chi connectivity index (χ1n) is 12.0. The van der Waals surface area contributed by atoms with Crippen molar-refractivity contribution in [2.24, 2.45) is 0 Å². The van der Waals surface area contributed by atoms with Crippen LogP contribution in [0.25, 0.3) is 0 Å². The van der Waals surface area contributed by atoms with Gasteiger partial charge in [-0.3, -0.25) is 9.36 Å². The van der Waals surface area contributed by atoms with Crippen LogP contribution in [0.4, 0.5) is 10.2 Å². The molecular formula is C24H30FN4O5P. The molecule has 1 aromatic heterocycles. The second kappa shape index (κ2) is 9.67. The Morgan fingerprint density at radius 1 is 1.34 bits per heavy atom. The number of fused-ring (bicyclic) bond motifs is 1. The van der Waals surface area contributed by atoms with Crippen molar-refractivity contribution in [3.05, 3.63) is 58.6 Å². The molecule has 5 rings (SSSR count). The van der Waals surface area contributed by atoms with Gasteiger partial charge in [0.15, 0.2) is 12.4 Å². The maximum absolute atomic E-state index is 15.8. The molecule has 3 fully saturated rings. The van der Waals surface area contributed by atoms with Gasteiger partial charge in [0.25, 0.3) is 8.53 Å². The molecule has 1 amide bonds. The zero-order valence-electron chi connectivity index (χ0n) is 20.0. The van der Waals surface area contributed by atoms with Gasteiger partial charge in [0.2, 0.25) is 5.91 Å². The number of anilines is 1. The van der Waals surface area contributed by atoms with Gasteiger partial charge < -0.3 is 19.1 Å². The minimum absolute atomic E-state index is 0.107. The molecular weight excluding hydrogens is 474 g/mol. The molecule has 3 aliphatic rings. The zero-order chi connectivity index (χ0) is 24.7. The van der Waals surface area contributed by atoms with E-state index in [1.807, 2.05) is 25.1 Å². The van der Waals surface area contributed by atoms with Crippen molar-refractivity contribution in [1.29, 1.82) is 0 Å². The van der Waals surface area contributed by atoms with Gasteiger partial charge >= 0.3 is 5.69 Å². The van der Waals surface area contributed by atoms with Crippen LogP contribution < -0.4 is 11.0 Å². The Hall–Kier alpha value is -2.23. The van der Waals surface area contributed by atoms with E-state index in [2.05, 4.69) is 34.0 Å². The van der Waals surface area contributed by atoms with Crippen molar-refractivity contribution in [3.8, 4) is 0 Å². The molecule has 0 bridgehead atoms. The lowest BCUT2D eigenvalue weighted by Gasteiger charge is -2.29. The monoisotopic (exact) mass is 504 g/mol. The fourth-order valence-electron chi connectivity index (χ4n) is 5.21. The maximum atomic E-state index is 15.8. The summed E-state index contributed by atoms with van der Waals surface area (Å²) in [7, 11) is -1.51. The van der Waals surface area contributed by atoms with Gasteiger partial charge in [0, 0.05) is 19.7 Å². The van der Waals surface area contributed by atoms with Crippen LogP contribution in [-0.2, 0) is 24.2 Å². The van der Waals surface area contributed by atoms with Crippen LogP contribution in [0.15, 0.2) is 47.4 Å². The number of nitrogens with zero attached hydrogens (tertiary/aromatic N) is 3. The first kappa shape index (κ1) is 24.5. The molecule has 4 heterocycles. The summed E-state index contributed by atoms with van der Waals surface area (Å²) in [5.41, 5.74) is -0.179. The lowest BCUT2D eigenvalue weighted by Crippen LogP contribution is -2.37. The third-order valence-electron chi connectivity index (χ3n) is 6.97. The number of hydrogen-bond acceptors (Lipinski definition) is 7. The van der Waals surface area contributed by atoms with Gasteiger partial charge in [-0.05, 0) is 37.8 Å². The molecule has 35 heavy (non-hydrogen) atoms. The molecule has 1 aromatic carbocycles. The molecule has 7 atom stereocenters. The summed E-state index contributed by atoms with van der Waals surface area (Å²) in [6, 6.07) is 11.7. The van der Waals surface area contributed by atoms with Crippen LogP contribution in [0.2, 0.25) is 0 Å². The first-order valence-corrected chi connectivity index (χ1v) is 13.1. The number of halogens is 1. The number of carbonyl (C=O) groups excluding carboxylic acids is 1. The van der Waals surface area contributed by atoms with Crippen LogP contribution in [0.5, 0.6) is 0 Å². The molecule has 1 N–H and O–H groups in total. The molecule has 3 saturated heterocycles. The lowest BCUT2D eigenvalue weighted by atomic mass is 9.87. The van der Waals surface area contributed by atoms with Crippen LogP contribution in [0.3, 0.4) is 0 Å². The molecule has 0 spiro atoms. The highest BCUT2D eigenvalue weighted by molar-refractivity contribution is 7.45. The Bertz CT molecular complexity index is 1140. The molecule has 3 aliphatic heterocycles. The number of alkyl halides is 1. The van der Waals surface area contributed by atoms with E-state index in [9.17, 15) is 9.59 Å². The van der Waals surface area contributed by atoms with E-state index in [1.165, 1.54) is 19.2 Å². The Labute approximate surface area is 204 Å². The normalized spacial score (nSPS) is 34.7. The van der Waals surface area contributed by atoms with Crippen LogP contribution in [0.1, 0.15) is 51.8 Å². The van der Waals surface area contributed by atoms with Crippen molar-refractivity contribution in [3.63, 3.8) is 0 Å². The fraction of sp³-hybridized carbons (Fsp3) is 0.542. The summed E-state index contributed by atoms with van der Waals surface area (Å²) in [6.07, 6.45) is -0.310. The van der Waals surface area contributed by atoms with E-state index in [1.54, 1.807) is 0 Å². The van der Waals surface area contributed by atoms with Crippen LogP contribution in [-0.4, -0.2) is 51.1 Å². The van der Waals surface area contributed by atoms with Crippen molar-refractivity contribution in [1.82, 2.24) is 14.2 Å². The lowest BCUT2D eigenvalue weighted by molar-refractivity contribution is -0.114. The predicted molar refractivity (Wildman–Crippen MR) is 128 cm³/mol. The van der Waals surface area contributed by atoms with Crippen molar-refractivity contribution >= 4 is 20.3 Å². The molecule has 1 unspecified atom stereocenters. The molecule has 0 radical (unpaired) electrons. The topological polar surface area (TPSA) is 94.9 Å². The highest BCUT2D eigenvalue weighted by Crippen LogP contribution is 2.64. The molecule has 0 saturated carbocycles. The number of rotatable bonds is 6. The maximum Gasteiger partial charge on any atom is 0.351 e. The second-order valence-electron chi connectivity index (χ2n) is 9.29. The van der Waals surface area contributed by atoms with Crippen LogP contribution in [0, 0.1) is 0 Å². The largest absolute Gasteiger partial charge is 0.351 e. The number of hydrogen-bond donors (Lipinski definition) is 1. The molecule has 188 valence electrons. The Balaban J connectivity index is 1.37. The van der Waals surface area contributed by atoms with E-state index in [4.69, 9.17) is 13.8 Å². The second-order valence-corrected chi connectivity index (χ2v) is 10.7. The number of amides is 1. The summed E-state index contributed by atoms with van der Waals surface area (Å²) in [6.45, 7) is 6.13. The minimum atomic E-state index is -1.60. The van der Waals surface area contributed by atoms with Gasteiger partial charge in [-0.25, -0.2) is 13.9 Å². The average molecular weight is 504 g/mol. The van der Waals surface area contributed by atoms with Gasteiger partial charge in [-0.15, -0.1) is 0 Å². The standard InChI is InChI=1S/C24H30FN4O5P/c1-4-17-21(20(25)22(32-17)28-14-12-19(26-15(2)30)27-23(28)31)33-35-29-13-8-11-18(29)24(3,34-35)16-9-6-5-7-10-16/h5-7,9-10,12,14,17-18,20-22H,4,8,11,13H2,1-3H3,(H,26,27,30,31)/t17-,18-,20?,21+,22-,24+,35-/m1/s1.